The smallest absolute Gasteiger partial charge is 0.404 e. The van der Waals surface area contributed by atoms with Crippen molar-refractivity contribution in [2.24, 2.45) is 5.73 Å². The van der Waals surface area contributed by atoms with Gasteiger partial charge in [0, 0.05) is 19.1 Å². The van der Waals surface area contributed by atoms with Crippen molar-refractivity contribution in [2.75, 3.05) is 19.7 Å². The maximum atomic E-state index is 10.5. The van der Waals surface area contributed by atoms with Gasteiger partial charge in [0.15, 0.2) is 0 Å². The summed E-state index contributed by atoms with van der Waals surface area (Å²) in [6.45, 7) is 2.80. The number of hydrogen-bond acceptors (Lipinski definition) is 4. The van der Waals surface area contributed by atoms with Gasteiger partial charge in [0.2, 0.25) is 0 Å². The number of ether oxygens (including phenoxy) is 1. The molecule has 4 N–H and O–H groups in total. The zero-order valence-electron chi connectivity index (χ0n) is 10.3. The van der Waals surface area contributed by atoms with E-state index in [0.717, 1.165) is 19.5 Å². The molecule has 0 fully saturated rings. The standard InChI is InChI=1S/C13H19N3O2/c14-13(17)18-8-7-16-12-5-6-15-9-10-3-1-2-4-11(10)12/h1-4,12,15-16H,5-9H2,(H2,14,17). The molecule has 0 aliphatic carbocycles. The fourth-order valence-electron chi connectivity index (χ4n) is 2.26. The van der Waals surface area contributed by atoms with Gasteiger partial charge in [-0.1, -0.05) is 24.3 Å². The molecule has 1 aromatic carbocycles. The van der Waals surface area contributed by atoms with Crippen LogP contribution in [0, 0.1) is 0 Å². The maximum absolute atomic E-state index is 10.5. The lowest BCUT2D eigenvalue weighted by atomic mass is 9.99. The Bertz CT molecular complexity index is 409. The van der Waals surface area contributed by atoms with Gasteiger partial charge >= 0.3 is 6.09 Å². The van der Waals surface area contributed by atoms with Crippen LogP contribution in [0.4, 0.5) is 4.79 Å². The lowest BCUT2D eigenvalue weighted by molar-refractivity contribution is 0.156. The van der Waals surface area contributed by atoms with Gasteiger partial charge in [-0.15, -0.1) is 0 Å². The first-order valence-corrected chi connectivity index (χ1v) is 6.21. The molecule has 0 aromatic heterocycles. The molecule has 1 atom stereocenters. The highest BCUT2D eigenvalue weighted by Gasteiger charge is 2.17. The summed E-state index contributed by atoms with van der Waals surface area (Å²) in [5.41, 5.74) is 7.56. The maximum Gasteiger partial charge on any atom is 0.404 e. The van der Waals surface area contributed by atoms with Gasteiger partial charge in [0.1, 0.15) is 6.61 Å². The summed E-state index contributed by atoms with van der Waals surface area (Å²) >= 11 is 0. The second-order valence-electron chi connectivity index (χ2n) is 4.34. The second kappa shape index (κ2) is 6.37. The predicted molar refractivity (Wildman–Crippen MR) is 69.0 cm³/mol. The second-order valence-corrected chi connectivity index (χ2v) is 4.34. The zero-order chi connectivity index (χ0) is 12.8. The van der Waals surface area contributed by atoms with E-state index in [1.807, 2.05) is 0 Å². The molecule has 0 saturated heterocycles. The Balaban J connectivity index is 1.93. The van der Waals surface area contributed by atoms with Gasteiger partial charge < -0.3 is 21.1 Å². The summed E-state index contributed by atoms with van der Waals surface area (Å²) in [5, 5.41) is 6.80. The van der Waals surface area contributed by atoms with Crippen molar-refractivity contribution in [2.45, 2.75) is 19.0 Å². The molecule has 98 valence electrons. The van der Waals surface area contributed by atoms with E-state index < -0.39 is 6.09 Å². The molecule has 5 nitrogen and oxygen atoms in total. The number of benzene rings is 1. The molecular formula is C13H19N3O2. The van der Waals surface area contributed by atoms with Crippen molar-refractivity contribution in [1.29, 1.82) is 0 Å². The molecule has 0 saturated carbocycles. The van der Waals surface area contributed by atoms with Crippen molar-refractivity contribution in [3.8, 4) is 0 Å². The molecule has 2 rings (SSSR count). The van der Waals surface area contributed by atoms with Gasteiger partial charge in [-0.3, -0.25) is 0 Å². The zero-order valence-corrected chi connectivity index (χ0v) is 10.3. The number of amides is 1. The van der Waals surface area contributed by atoms with Crippen LogP contribution >= 0.6 is 0 Å². The monoisotopic (exact) mass is 249 g/mol. The Morgan fingerprint density at radius 3 is 3.17 bits per heavy atom. The van der Waals surface area contributed by atoms with Crippen molar-refractivity contribution < 1.29 is 9.53 Å². The molecule has 0 spiro atoms. The van der Waals surface area contributed by atoms with Gasteiger partial charge in [-0.25, -0.2) is 4.79 Å². The molecule has 1 aliphatic rings. The number of carbonyl (C=O) groups excluding carboxylic acids is 1. The molecule has 1 heterocycles. The first-order chi connectivity index (χ1) is 8.77. The Morgan fingerprint density at radius 2 is 2.33 bits per heavy atom. The topological polar surface area (TPSA) is 76.4 Å². The Morgan fingerprint density at radius 1 is 1.50 bits per heavy atom. The Hall–Kier alpha value is -1.59. The van der Waals surface area contributed by atoms with Crippen molar-refractivity contribution in [1.82, 2.24) is 10.6 Å². The number of rotatable bonds is 4. The summed E-state index contributed by atoms with van der Waals surface area (Å²) in [5.74, 6) is 0. The normalized spacial score (nSPS) is 18.8. The Kier molecular flexibility index (Phi) is 4.55. The predicted octanol–water partition coefficient (Wildman–Crippen LogP) is 0.906. The number of primary amides is 1. The van der Waals surface area contributed by atoms with Crippen molar-refractivity contribution in [3.63, 3.8) is 0 Å². The van der Waals surface area contributed by atoms with Crippen LogP contribution in [0.15, 0.2) is 24.3 Å². The number of carbonyl (C=O) groups is 1. The van der Waals surface area contributed by atoms with Gasteiger partial charge in [0.05, 0.1) is 0 Å². The van der Waals surface area contributed by atoms with Crippen molar-refractivity contribution >= 4 is 6.09 Å². The van der Waals surface area contributed by atoms with E-state index in [0.29, 0.717) is 19.2 Å². The third-order valence-electron chi connectivity index (χ3n) is 3.09. The molecule has 1 aromatic rings. The third-order valence-corrected chi connectivity index (χ3v) is 3.09. The lowest BCUT2D eigenvalue weighted by Gasteiger charge is -2.18. The minimum absolute atomic E-state index is 0.299. The highest BCUT2D eigenvalue weighted by Crippen LogP contribution is 2.22. The molecule has 5 heteroatoms. The number of hydrogen-bond donors (Lipinski definition) is 3. The molecule has 0 bridgehead atoms. The number of nitrogens with two attached hydrogens (primary N) is 1. The SMILES string of the molecule is NC(=O)OCCNC1CCNCc2ccccc21. The van der Waals surface area contributed by atoms with Crippen LogP contribution in [0.1, 0.15) is 23.6 Å². The molecule has 0 radical (unpaired) electrons. The first kappa shape index (κ1) is 12.9. The van der Waals surface area contributed by atoms with Crippen LogP contribution in [0.3, 0.4) is 0 Å². The summed E-state index contributed by atoms with van der Waals surface area (Å²) in [7, 11) is 0. The highest BCUT2D eigenvalue weighted by molar-refractivity contribution is 5.64. The van der Waals surface area contributed by atoms with Crippen LogP contribution in [-0.4, -0.2) is 25.8 Å². The highest BCUT2D eigenvalue weighted by atomic mass is 16.5. The van der Waals surface area contributed by atoms with E-state index in [9.17, 15) is 4.79 Å². The fourth-order valence-corrected chi connectivity index (χ4v) is 2.26. The molecule has 1 unspecified atom stereocenters. The van der Waals surface area contributed by atoms with Gasteiger partial charge in [-0.2, -0.15) is 0 Å². The van der Waals surface area contributed by atoms with Crippen LogP contribution < -0.4 is 16.4 Å². The third kappa shape index (κ3) is 3.45. The average molecular weight is 249 g/mol. The van der Waals surface area contributed by atoms with Crippen LogP contribution in [0.2, 0.25) is 0 Å². The average Bonchev–Trinajstić information content (AvgIpc) is 2.57. The van der Waals surface area contributed by atoms with E-state index in [-0.39, 0.29) is 0 Å². The van der Waals surface area contributed by atoms with E-state index in [2.05, 4.69) is 34.9 Å². The van der Waals surface area contributed by atoms with E-state index in [1.165, 1.54) is 11.1 Å². The minimum atomic E-state index is -0.722. The molecule has 1 amide bonds. The summed E-state index contributed by atoms with van der Waals surface area (Å²) in [6.07, 6.45) is 0.299. The summed E-state index contributed by atoms with van der Waals surface area (Å²) in [4.78, 5) is 10.5. The number of nitrogens with one attached hydrogen (secondary N) is 2. The van der Waals surface area contributed by atoms with Crippen LogP contribution in [-0.2, 0) is 11.3 Å². The van der Waals surface area contributed by atoms with E-state index in [4.69, 9.17) is 10.5 Å². The quantitative estimate of drug-likeness (QED) is 0.693. The summed E-state index contributed by atoms with van der Waals surface area (Å²) < 4.78 is 4.71. The fraction of sp³-hybridized carbons (Fsp3) is 0.462. The van der Waals surface area contributed by atoms with E-state index >= 15 is 0 Å². The molecule has 18 heavy (non-hydrogen) atoms. The van der Waals surface area contributed by atoms with Gasteiger partial charge in [-0.05, 0) is 24.1 Å². The van der Waals surface area contributed by atoms with Crippen LogP contribution in [0.5, 0.6) is 0 Å². The summed E-state index contributed by atoms with van der Waals surface area (Å²) in [6, 6.07) is 8.70. The lowest BCUT2D eigenvalue weighted by Crippen LogP contribution is -2.28. The van der Waals surface area contributed by atoms with Gasteiger partial charge in [0.25, 0.3) is 0 Å². The minimum Gasteiger partial charge on any atom is -0.448 e. The molecular weight excluding hydrogens is 230 g/mol. The Labute approximate surface area is 107 Å². The number of fused-ring (bicyclic) bond motifs is 1. The van der Waals surface area contributed by atoms with E-state index in [1.54, 1.807) is 0 Å². The first-order valence-electron chi connectivity index (χ1n) is 6.21. The van der Waals surface area contributed by atoms with Crippen LogP contribution in [0.25, 0.3) is 0 Å². The molecule has 1 aliphatic heterocycles. The largest absolute Gasteiger partial charge is 0.448 e. The van der Waals surface area contributed by atoms with Crippen molar-refractivity contribution in [3.05, 3.63) is 35.4 Å².